The third-order valence-electron chi connectivity index (χ3n) is 2.20. The average Bonchev–Trinajstić information content (AvgIpc) is 1.93. The number of amides is 1. The standard InChI is InChI=1S/C9H18N2O2/c1-9(2,10)4-3-8(13)11-5-7(12)6-11/h7,12H,3-6,10H2,1-2H3. The van der Waals surface area contributed by atoms with Crippen LogP contribution in [0.15, 0.2) is 0 Å². The van der Waals surface area contributed by atoms with Gasteiger partial charge in [-0.1, -0.05) is 0 Å². The molecule has 0 atom stereocenters. The van der Waals surface area contributed by atoms with Crippen molar-refractivity contribution in [3.63, 3.8) is 0 Å². The summed E-state index contributed by atoms with van der Waals surface area (Å²) in [6.07, 6.45) is 0.865. The van der Waals surface area contributed by atoms with Crippen molar-refractivity contribution in [3.8, 4) is 0 Å². The quantitative estimate of drug-likeness (QED) is 0.636. The Kier molecular flexibility index (Phi) is 2.93. The fourth-order valence-electron chi connectivity index (χ4n) is 1.25. The number of nitrogens with zero attached hydrogens (tertiary/aromatic N) is 1. The van der Waals surface area contributed by atoms with Crippen molar-refractivity contribution in [2.24, 2.45) is 5.73 Å². The summed E-state index contributed by atoms with van der Waals surface area (Å²) in [5, 5.41) is 8.98. The van der Waals surface area contributed by atoms with Gasteiger partial charge in [0.15, 0.2) is 0 Å². The van der Waals surface area contributed by atoms with Gasteiger partial charge < -0.3 is 15.7 Å². The maximum atomic E-state index is 11.4. The summed E-state index contributed by atoms with van der Waals surface area (Å²) in [7, 11) is 0. The predicted molar refractivity (Wildman–Crippen MR) is 50.1 cm³/mol. The Bertz CT molecular complexity index is 192. The smallest absolute Gasteiger partial charge is 0.222 e. The van der Waals surface area contributed by atoms with Gasteiger partial charge >= 0.3 is 0 Å². The third kappa shape index (κ3) is 3.32. The summed E-state index contributed by atoms with van der Waals surface area (Å²) < 4.78 is 0. The van der Waals surface area contributed by atoms with Gasteiger partial charge in [0.2, 0.25) is 5.91 Å². The van der Waals surface area contributed by atoms with E-state index in [2.05, 4.69) is 0 Å². The van der Waals surface area contributed by atoms with Gasteiger partial charge in [-0.25, -0.2) is 0 Å². The van der Waals surface area contributed by atoms with E-state index in [4.69, 9.17) is 10.8 Å². The fourth-order valence-corrected chi connectivity index (χ4v) is 1.25. The molecule has 4 heteroatoms. The number of carbonyl (C=O) groups is 1. The van der Waals surface area contributed by atoms with Crippen LogP contribution in [0, 0.1) is 0 Å². The Morgan fingerprint density at radius 2 is 2.15 bits per heavy atom. The number of aliphatic hydroxyl groups is 1. The lowest BCUT2D eigenvalue weighted by Crippen LogP contribution is -2.53. The van der Waals surface area contributed by atoms with Crippen molar-refractivity contribution >= 4 is 5.91 Å². The molecule has 1 amide bonds. The Morgan fingerprint density at radius 3 is 2.54 bits per heavy atom. The molecule has 76 valence electrons. The minimum Gasteiger partial charge on any atom is -0.389 e. The minimum atomic E-state index is -0.310. The maximum absolute atomic E-state index is 11.4. The topological polar surface area (TPSA) is 66.6 Å². The second kappa shape index (κ2) is 3.64. The van der Waals surface area contributed by atoms with E-state index in [1.807, 2.05) is 13.8 Å². The van der Waals surface area contributed by atoms with Gasteiger partial charge in [-0.3, -0.25) is 4.79 Å². The Hall–Kier alpha value is -0.610. The van der Waals surface area contributed by atoms with E-state index in [0.717, 1.165) is 0 Å². The number of hydrogen-bond acceptors (Lipinski definition) is 3. The molecular weight excluding hydrogens is 168 g/mol. The normalized spacial score (nSPS) is 18.6. The van der Waals surface area contributed by atoms with Crippen LogP contribution in [0.2, 0.25) is 0 Å². The molecule has 0 unspecified atom stereocenters. The van der Waals surface area contributed by atoms with Crippen LogP contribution >= 0.6 is 0 Å². The summed E-state index contributed by atoms with van der Waals surface area (Å²) in [5.41, 5.74) is 5.47. The van der Waals surface area contributed by atoms with E-state index >= 15 is 0 Å². The predicted octanol–water partition coefficient (Wildman–Crippen LogP) is -0.293. The van der Waals surface area contributed by atoms with Crippen molar-refractivity contribution in [3.05, 3.63) is 0 Å². The number of rotatable bonds is 3. The van der Waals surface area contributed by atoms with Crippen LogP contribution in [0.4, 0.5) is 0 Å². The highest BCUT2D eigenvalue weighted by molar-refractivity contribution is 5.77. The largest absolute Gasteiger partial charge is 0.389 e. The zero-order chi connectivity index (χ0) is 10.1. The second-order valence-corrected chi connectivity index (χ2v) is 4.44. The van der Waals surface area contributed by atoms with Crippen molar-refractivity contribution in [2.45, 2.75) is 38.3 Å². The molecule has 13 heavy (non-hydrogen) atoms. The van der Waals surface area contributed by atoms with E-state index in [1.165, 1.54) is 0 Å². The Labute approximate surface area is 78.7 Å². The van der Waals surface area contributed by atoms with Crippen molar-refractivity contribution in [1.82, 2.24) is 4.90 Å². The van der Waals surface area contributed by atoms with E-state index in [0.29, 0.717) is 25.9 Å². The van der Waals surface area contributed by atoms with Crippen LogP contribution < -0.4 is 5.73 Å². The van der Waals surface area contributed by atoms with Crippen LogP contribution in [0.25, 0.3) is 0 Å². The molecule has 1 saturated heterocycles. The molecule has 4 nitrogen and oxygen atoms in total. The summed E-state index contributed by atoms with van der Waals surface area (Å²) in [6.45, 7) is 4.80. The second-order valence-electron chi connectivity index (χ2n) is 4.44. The number of aliphatic hydroxyl groups excluding tert-OH is 1. The molecule has 1 aliphatic rings. The molecule has 0 aromatic carbocycles. The molecule has 1 fully saturated rings. The molecule has 0 spiro atoms. The van der Waals surface area contributed by atoms with Crippen molar-refractivity contribution in [2.75, 3.05) is 13.1 Å². The first-order valence-electron chi connectivity index (χ1n) is 4.63. The monoisotopic (exact) mass is 186 g/mol. The molecule has 0 aromatic rings. The van der Waals surface area contributed by atoms with E-state index in [-0.39, 0.29) is 17.6 Å². The van der Waals surface area contributed by atoms with Gasteiger partial charge in [0.25, 0.3) is 0 Å². The molecule has 0 bridgehead atoms. The van der Waals surface area contributed by atoms with Crippen molar-refractivity contribution < 1.29 is 9.90 Å². The molecule has 0 radical (unpaired) electrons. The number of nitrogens with two attached hydrogens (primary N) is 1. The molecule has 1 heterocycles. The molecule has 0 aliphatic carbocycles. The SMILES string of the molecule is CC(C)(N)CCC(=O)N1CC(O)C1. The van der Waals surface area contributed by atoms with Gasteiger partial charge in [-0.2, -0.15) is 0 Å². The minimum absolute atomic E-state index is 0.101. The van der Waals surface area contributed by atoms with Gasteiger partial charge in [-0.15, -0.1) is 0 Å². The molecular formula is C9H18N2O2. The van der Waals surface area contributed by atoms with Gasteiger partial charge in [0, 0.05) is 25.0 Å². The first-order valence-corrected chi connectivity index (χ1v) is 4.63. The molecule has 1 rings (SSSR count). The van der Waals surface area contributed by atoms with Crippen LogP contribution in [0.3, 0.4) is 0 Å². The highest BCUT2D eigenvalue weighted by Gasteiger charge is 2.28. The number of carbonyl (C=O) groups excluding carboxylic acids is 1. The van der Waals surface area contributed by atoms with Crippen LogP contribution in [-0.2, 0) is 4.79 Å². The summed E-state index contributed by atoms with van der Waals surface area (Å²) in [6, 6.07) is 0. The summed E-state index contributed by atoms with van der Waals surface area (Å²) in [5.74, 6) is 0.101. The highest BCUT2D eigenvalue weighted by Crippen LogP contribution is 2.13. The average molecular weight is 186 g/mol. The number of β-amino-alcohol motifs (C(OH)–C–C–N with tert-alkyl or cyclic N) is 1. The van der Waals surface area contributed by atoms with Crippen LogP contribution in [-0.4, -0.2) is 40.6 Å². The molecule has 0 aromatic heterocycles. The molecule has 0 saturated carbocycles. The van der Waals surface area contributed by atoms with Crippen LogP contribution in [0.5, 0.6) is 0 Å². The first kappa shape index (κ1) is 10.5. The van der Waals surface area contributed by atoms with Gasteiger partial charge in [0.1, 0.15) is 0 Å². The fraction of sp³-hybridized carbons (Fsp3) is 0.889. The number of hydrogen-bond donors (Lipinski definition) is 2. The maximum Gasteiger partial charge on any atom is 0.222 e. The van der Waals surface area contributed by atoms with E-state index in [9.17, 15) is 4.79 Å². The zero-order valence-corrected chi connectivity index (χ0v) is 8.29. The van der Waals surface area contributed by atoms with Crippen LogP contribution in [0.1, 0.15) is 26.7 Å². The van der Waals surface area contributed by atoms with E-state index in [1.54, 1.807) is 4.90 Å². The number of likely N-dealkylation sites (tertiary alicyclic amines) is 1. The van der Waals surface area contributed by atoms with Crippen molar-refractivity contribution in [1.29, 1.82) is 0 Å². The summed E-state index contributed by atoms with van der Waals surface area (Å²) >= 11 is 0. The molecule has 1 aliphatic heterocycles. The highest BCUT2D eigenvalue weighted by atomic mass is 16.3. The Balaban J connectivity index is 2.19. The first-order chi connectivity index (χ1) is 5.88. The zero-order valence-electron chi connectivity index (χ0n) is 8.29. The lowest BCUT2D eigenvalue weighted by Gasteiger charge is -2.36. The molecule has 3 N–H and O–H groups in total. The van der Waals surface area contributed by atoms with Gasteiger partial charge in [-0.05, 0) is 20.3 Å². The lowest BCUT2D eigenvalue weighted by atomic mass is 9.99. The third-order valence-corrected chi connectivity index (χ3v) is 2.20. The van der Waals surface area contributed by atoms with Gasteiger partial charge in [0.05, 0.1) is 6.10 Å². The summed E-state index contributed by atoms with van der Waals surface area (Å²) in [4.78, 5) is 13.0. The Morgan fingerprint density at radius 1 is 1.62 bits per heavy atom. The lowest BCUT2D eigenvalue weighted by molar-refractivity contribution is -0.141. The van der Waals surface area contributed by atoms with E-state index < -0.39 is 0 Å².